The van der Waals surface area contributed by atoms with Crippen LogP contribution in [-0.4, -0.2) is 47.1 Å². The Morgan fingerprint density at radius 1 is 1.48 bits per heavy atom. The molecule has 0 unspecified atom stereocenters. The van der Waals surface area contributed by atoms with Crippen LogP contribution in [0.4, 0.5) is 4.39 Å². The van der Waals surface area contributed by atoms with Crippen LogP contribution in [-0.2, 0) is 9.53 Å². The minimum Gasteiger partial charge on any atom is -0.481 e. The van der Waals surface area contributed by atoms with Crippen LogP contribution in [0, 0.1) is 12.7 Å². The molecule has 7 nitrogen and oxygen atoms in total. The van der Waals surface area contributed by atoms with E-state index in [-0.39, 0.29) is 30.4 Å². The molecule has 3 rings (SSSR count). The zero-order chi connectivity index (χ0) is 17.8. The monoisotopic (exact) mass is 347 g/mol. The molecule has 0 aliphatic carbocycles. The fraction of sp³-hybridized carbons (Fsp3) is 0.353. The number of carbonyl (C=O) groups is 1. The third-order valence-corrected chi connectivity index (χ3v) is 3.80. The molecule has 1 fully saturated rings. The Hall–Kier alpha value is -2.74. The van der Waals surface area contributed by atoms with Gasteiger partial charge in [-0.25, -0.2) is 9.37 Å². The first-order valence-electron chi connectivity index (χ1n) is 7.87. The van der Waals surface area contributed by atoms with E-state index in [1.165, 1.54) is 18.2 Å². The van der Waals surface area contributed by atoms with Crippen LogP contribution in [0.1, 0.15) is 17.6 Å². The topological polar surface area (TPSA) is 84.5 Å². The number of halogens is 1. The second kappa shape index (κ2) is 7.43. The van der Waals surface area contributed by atoms with E-state index in [9.17, 15) is 14.0 Å². The minimum absolute atomic E-state index is 0.0327. The van der Waals surface area contributed by atoms with Gasteiger partial charge >= 0.3 is 0 Å². The fourth-order valence-corrected chi connectivity index (χ4v) is 2.59. The van der Waals surface area contributed by atoms with Gasteiger partial charge in [-0.3, -0.25) is 9.59 Å². The van der Waals surface area contributed by atoms with E-state index in [0.717, 1.165) is 0 Å². The number of hydrogen-bond donors (Lipinski definition) is 1. The van der Waals surface area contributed by atoms with Crippen molar-refractivity contribution in [1.82, 2.24) is 14.9 Å². The van der Waals surface area contributed by atoms with Crippen LogP contribution >= 0.6 is 0 Å². The number of ether oxygens (including phenoxy) is 2. The molecule has 0 saturated carbocycles. The average Bonchev–Trinajstić information content (AvgIpc) is 2.60. The molecule has 1 atom stereocenters. The van der Waals surface area contributed by atoms with Crippen molar-refractivity contribution in [3.8, 4) is 5.75 Å². The van der Waals surface area contributed by atoms with Gasteiger partial charge in [-0.2, -0.15) is 0 Å². The molecule has 1 aliphatic heterocycles. The molecule has 1 saturated heterocycles. The molecule has 25 heavy (non-hydrogen) atoms. The highest BCUT2D eigenvalue weighted by Crippen LogP contribution is 2.19. The number of amides is 1. The Labute approximate surface area is 143 Å². The first-order chi connectivity index (χ1) is 12.0. The van der Waals surface area contributed by atoms with Crippen LogP contribution in [0.3, 0.4) is 0 Å². The zero-order valence-electron chi connectivity index (χ0n) is 13.7. The summed E-state index contributed by atoms with van der Waals surface area (Å²) in [5.74, 6) is -0.383. The Kier molecular flexibility index (Phi) is 5.08. The Morgan fingerprint density at radius 3 is 3.04 bits per heavy atom. The molecule has 2 aromatic rings. The molecule has 1 aliphatic rings. The number of hydrogen-bond acceptors (Lipinski definition) is 5. The van der Waals surface area contributed by atoms with Gasteiger partial charge in [0, 0.05) is 18.3 Å². The second-order valence-electron chi connectivity index (χ2n) is 5.69. The maximum atomic E-state index is 13.5. The number of nitrogens with one attached hydrogen (secondary N) is 1. The standard InChI is InChI=1S/C17H18FN3O4/c1-11-8-15(22)20-17(19-11)14-9-21(6-7-24-14)16(23)10-25-13-5-3-2-4-12(13)18/h2-5,8,14H,6-7,9-10H2,1H3,(H,19,20,22)/t14-/m1/s1. The van der Waals surface area contributed by atoms with Gasteiger partial charge in [-0.15, -0.1) is 0 Å². The summed E-state index contributed by atoms with van der Waals surface area (Å²) in [6, 6.07) is 7.30. The minimum atomic E-state index is -0.517. The van der Waals surface area contributed by atoms with Crippen LogP contribution in [0.25, 0.3) is 0 Å². The Bertz CT molecular complexity index is 824. The number of nitrogens with zero attached hydrogens (tertiary/aromatic N) is 2. The highest BCUT2D eigenvalue weighted by Gasteiger charge is 2.27. The van der Waals surface area contributed by atoms with Crippen molar-refractivity contribution in [2.75, 3.05) is 26.3 Å². The van der Waals surface area contributed by atoms with Crippen LogP contribution in [0.15, 0.2) is 35.1 Å². The summed E-state index contributed by atoms with van der Waals surface area (Å²) < 4.78 is 24.4. The molecule has 8 heteroatoms. The maximum Gasteiger partial charge on any atom is 0.260 e. The molecule has 2 heterocycles. The normalized spacial score (nSPS) is 17.4. The van der Waals surface area contributed by atoms with Crippen molar-refractivity contribution in [3.05, 3.63) is 58.0 Å². The van der Waals surface area contributed by atoms with Crippen molar-refractivity contribution < 1.29 is 18.7 Å². The van der Waals surface area contributed by atoms with Gasteiger partial charge in [0.15, 0.2) is 18.2 Å². The lowest BCUT2D eigenvalue weighted by molar-refractivity contribution is -0.141. The summed E-state index contributed by atoms with van der Waals surface area (Å²) in [7, 11) is 0. The zero-order valence-corrected chi connectivity index (χ0v) is 13.7. The van der Waals surface area contributed by atoms with Crippen LogP contribution < -0.4 is 10.3 Å². The van der Waals surface area contributed by atoms with E-state index in [1.807, 2.05) is 0 Å². The van der Waals surface area contributed by atoms with Crippen molar-refractivity contribution >= 4 is 5.91 Å². The number of para-hydroxylation sites is 1. The highest BCUT2D eigenvalue weighted by atomic mass is 19.1. The highest BCUT2D eigenvalue weighted by molar-refractivity contribution is 5.77. The van der Waals surface area contributed by atoms with E-state index < -0.39 is 11.9 Å². The van der Waals surface area contributed by atoms with Crippen molar-refractivity contribution in [1.29, 1.82) is 0 Å². The Morgan fingerprint density at radius 2 is 2.28 bits per heavy atom. The maximum absolute atomic E-state index is 13.5. The predicted octanol–water partition coefficient (Wildman–Crippen LogP) is 1.20. The van der Waals surface area contributed by atoms with Crippen LogP contribution in [0.2, 0.25) is 0 Å². The predicted molar refractivity (Wildman–Crippen MR) is 86.8 cm³/mol. The van der Waals surface area contributed by atoms with Crippen molar-refractivity contribution in [3.63, 3.8) is 0 Å². The van der Waals surface area contributed by atoms with E-state index in [4.69, 9.17) is 9.47 Å². The van der Waals surface area contributed by atoms with Gasteiger partial charge < -0.3 is 19.4 Å². The van der Waals surface area contributed by atoms with E-state index in [2.05, 4.69) is 9.97 Å². The molecule has 1 N–H and O–H groups in total. The molecule has 0 spiro atoms. The molecule has 0 bridgehead atoms. The first kappa shape index (κ1) is 17.1. The largest absolute Gasteiger partial charge is 0.481 e. The molecular weight excluding hydrogens is 329 g/mol. The molecule has 132 valence electrons. The SMILES string of the molecule is Cc1cc(=O)[nH]c([C@H]2CN(C(=O)COc3ccccc3F)CCO2)n1. The number of benzene rings is 1. The summed E-state index contributed by atoms with van der Waals surface area (Å²) in [5.41, 5.74) is 0.311. The second-order valence-corrected chi connectivity index (χ2v) is 5.69. The average molecular weight is 347 g/mol. The number of carbonyl (C=O) groups excluding carboxylic acids is 1. The number of morpholine rings is 1. The number of aryl methyl sites for hydroxylation is 1. The van der Waals surface area contributed by atoms with Gasteiger partial charge in [0.05, 0.1) is 13.2 Å². The fourth-order valence-electron chi connectivity index (χ4n) is 2.59. The lowest BCUT2D eigenvalue weighted by Gasteiger charge is -2.32. The number of H-pyrrole nitrogens is 1. The van der Waals surface area contributed by atoms with Crippen LogP contribution in [0.5, 0.6) is 5.75 Å². The third kappa shape index (κ3) is 4.21. The molecular formula is C17H18FN3O4. The third-order valence-electron chi connectivity index (χ3n) is 3.80. The Balaban J connectivity index is 1.63. The molecule has 0 radical (unpaired) electrons. The van der Waals surface area contributed by atoms with Gasteiger partial charge in [0.1, 0.15) is 11.9 Å². The quantitative estimate of drug-likeness (QED) is 0.898. The van der Waals surface area contributed by atoms with E-state index >= 15 is 0 Å². The summed E-state index contributed by atoms with van der Waals surface area (Å²) in [5, 5.41) is 0. The number of aromatic nitrogens is 2. The number of rotatable bonds is 4. The van der Waals surface area contributed by atoms with Crippen molar-refractivity contribution in [2.45, 2.75) is 13.0 Å². The molecule has 1 aromatic heterocycles. The molecule has 1 aromatic carbocycles. The van der Waals surface area contributed by atoms with Gasteiger partial charge in [0.25, 0.3) is 11.5 Å². The molecule has 1 amide bonds. The summed E-state index contributed by atoms with van der Waals surface area (Å²) in [6.07, 6.45) is -0.515. The van der Waals surface area contributed by atoms with Gasteiger partial charge in [-0.05, 0) is 19.1 Å². The van der Waals surface area contributed by atoms with E-state index in [1.54, 1.807) is 24.0 Å². The first-order valence-corrected chi connectivity index (χ1v) is 7.87. The summed E-state index contributed by atoms with van der Waals surface area (Å²) >= 11 is 0. The smallest absolute Gasteiger partial charge is 0.260 e. The van der Waals surface area contributed by atoms with Crippen molar-refractivity contribution in [2.24, 2.45) is 0 Å². The van der Waals surface area contributed by atoms with Gasteiger partial charge in [-0.1, -0.05) is 12.1 Å². The lowest BCUT2D eigenvalue weighted by Crippen LogP contribution is -2.45. The summed E-state index contributed by atoms with van der Waals surface area (Å²) in [4.78, 5) is 32.3. The summed E-state index contributed by atoms with van der Waals surface area (Å²) in [6.45, 7) is 2.39. The lowest BCUT2D eigenvalue weighted by atomic mass is 10.2. The van der Waals surface area contributed by atoms with E-state index in [0.29, 0.717) is 24.7 Å². The van der Waals surface area contributed by atoms with Gasteiger partial charge in [0.2, 0.25) is 0 Å². The number of aromatic amines is 1.